The molecule has 1 fully saturated rings. The molecule has 1 aliphatic heterocycles. The number of hydrogen-bond acceptors (Lipinski definition) is 6. The number of morpholine rings is 1. The Labute approximate surface area is 148 Å². The van der Waals surface area contributed by atoms with E-state index in [0.29, 0.717) is 45.1 Å². The number of sulfonamides is 1. The lowest BCUT2D eigenvalue weighted by Gasteiger charge is -2.26. The van der Waals surface area contributed by atoms with E-state index in [1.165, 1.54) is 16.4 Å². The van der Waals surface area contributed by atoms with Gasteiger partial charge in [0, 0.05) is 25.3 Å². The standard InChI is InChI=1S/C16H25N3O5S/c1-2-18(6-9-20)13-16(21)17-14-4-3-5-15(12-14)25(22,23)19-7-10-24-11-8-19/h3-5,12,20H,2,6-11,13H2,1H3,(H,17,21). The first kappa shape index (κ1) is 19.8. The molecule has 1 aromatic carbocycles. The summed E-state index contributed by atoms with van der Waals surface area (Å²) < 4.78 is 31.9. The smallest absolute Gasteiger partial charge is 0.243 e. The number of carbonyl (C=O) groups excluding carboxylic acids is 1. The van der Waals surface area contributed by atoms with E-state index in [1.807, 2.05) is 6.92 Å². The molecule has 140 valence electrons. The second-order valence-electron chi connectivity index (χ2n) is 5.68. The van der Waals surface area contributed by atoms with Crippen LogP contribution in [-0.2, 0) is 19.6 Å². The lowest BCUT2D eigenvalue weighted by Crippen LogP contribution is -2.40. The van der Waals surface area contributed by atoms with Crippen LogP contribution in [0.3, 0.4) is 0 Å². The Balaban J connectivity index is 2.06. The summed E-state index contributed by atoms with van der Waals surface area (Å²) in [7, 11) is -3.60. The molecule has 0 saturated carbocycles. The molecule has 1 heterocycles. The summed E-state index contributed by atoms with van der Waals surface area (Å²) >= 11 is 0. The minimum Gasteiger partial charge on any atom is -0.395 e. The Bertz CT molecular complexity index is 674. The zero-order valence-electron chi connectivity index (χ0n) is 14.3. The van der Waals surface area contributed by atoms with E-state index in [0.717, 1.165) is 0 Å². The van der Waals surface area contributed by atoms with E-state index in [1.54, 1.807) is 17.0 Å². The summed E-state index contributed by atoms with van der Waals surface area (Å²) in [4.78, 5) is 14.1. The summed E-state index contributed by atoms with van der Waals surface area (Å²) in [5.41, 5.74) is 0.430. The van der Waals surface area contributed by atoms with Crippen molar-refractivity contribution in [2.75, 3.05) is 57.9 Å². The Morgan fingerprint density at radius 1 is 1.36 bits per heavy atom. The van der Waals surface area contributed by atoms with Gasteiger partial charge in [-0.1, -0.05) is 13.0 Å². The van der Waals surface area contributed by atoms with E-state index in [9.17, 15) is 13.2 Å². The number of carbonyl (C=O) groups is 1. The molecular formula is C16H25N3O5S. The molecule has 0 radical (unpaired) electrons. The van der Waals surface area contributed by atoms with Crippen molar-refractivity contribution >= 4 is 21.6 Å². The van der Waals surface area contributed by atoms with Crippen LogP contribution in [0.1, 0.15) is 6.92 Å². The quantitative estimate of drug-likeness (QED) is 0.665. The Hall–Kier alpha value is -1.52. The number of nitrogens with one attached hydrogen (secondary N) is 1. The van der Waals surface area contributed by atoms with Crippen LogP contribution in [0.5, 0.6) is 0 Å². The second-order valence-corrected chi connectivity index (χ2v) is 7.62. The van der Waals surface area contributed by atoms with Crippen molar-refractivity contribution in [3.8, 4) is 0 Å². The van der Waals surface area contributed by atoms with Crippen molar-refractivity contribution in [1.82, 2.24) is 9.21 Å². The third kappa shape index (κ3) is 5.48. The highest BCUT2D eigenvalue weighted by molar-refractivity contribution is 7.89. The highest BCUT2D eigenvalue weighted by Crippen LogP contribution is 2.20. The van der Waals surface area contributed by atoms with Crippen LogP contribution in [0.15, 0.2) is 29.2 Å². The van der Waals surface area contributed by atoms with Crippen LogP contribution in [0, 0.1) is 0 Å². The zero-order chi connectivity index (χ0) is 18.3. The number of aliphatic hydroxyl groups excluding tert-OH is 1. The van der Waals surface area contributed by atoms with Gasteiger partial charge in [-0.3, -0.25) is 9.69 Å². The summed E-state index contributed by atoms with van der Waals surface area (Å²) in [5, 5.41) is 11.7. The van der Waals surface area contributed by atoms with E-state index in [2.05, 4.69) is 5.32 Å². The summed E-state index contributed by atoms with van der Waals surface area (Å²) in [5.74, 6) is -0.253. The van der Waals surface area contributed by atoms with Crippen molar-refractivity contribution in [2.45, 2.75) is 11.8 Å². The fraction of sp³-hybridized carbons (Fsp3) is 0.562. The van der Waals surface area contributed by atoms with Gasteiger partial charge < -0.3 is 15.2 Å². The Morgan fingerprint density at radius 2 is 2.08 bits per heavy atom. The number of ether oxygens (including phenoxy) is 1. The molecular weight excluding hydrogens is 346 g/mol. The van der Waals surface area contributed by atoms with E-state index in [4.69, 9.17) is 9.84 Å². The maximum atomic E-state index is 12.7. The van der Waals surface area contributed by atoms with Crippen molar-refractivity contribution in [1.29, 1.82) is 0 Å². The molecule has 0 bridgehead atoms. The highest BCUT2D eigenvalue weighted by Gasteiger charge is 2.26. The molecule has 9 heteroatoms. The van der Waals surface area contributed by atoms with Crippen LogP contribution in [0.4, 0.5) is 5.69 Å². The van der Waals surface area contributed by atoms with Crippen molar-refractivity contribution < 1.29 is 23.1 Å². The van der Waals surface area contributed by atoms with Crippen LogP contribution in [-0.4, -0.2) is 81.2 Å². The number of aliphatic hydroxyl groups is 1. The number of anilines is 1. The Kier molecular flexibility index (Phi) is 7.33. The minimum atomic E-state index is -3.60. The number of likely N-dealkylation sites (N-methyl/N-ethyl adjacent to an activating group) is 1. The molecule has 1 saturated heterocycles. The number of nitrogens with zero attached hydrogens (tertiary/aromatic N) is 2. The lowest BCUT2D eigenvalue weighted by atomic mass is 10.3. The largest absolute Gasteiger partial charge is 0.395 e. The number of hydrogen-bond donors (Lipinski definition) is 2. The van der Waals surface area contributed by atoms with Crippen LogP contribution in [0.25, 0.3) is 0 Å². The average molecular weight is 371 g/mol. The third-order valence-corrected chi connectivity index (χ3v) is 5.85. The summed E-state index contributed by atoms with van der Waals surface area (Å²) in [6.45, 7) is 4.48. The van der Waals surface area contributed by atoms with Gasteiger partial charge in [0.2, 0.25) is 15.9 Å². The first-order valence-corrected chi connectivity index (χ1v) is 9.72. The first-order valence-electron chi connectivity index (χ1n) is 8.28. The zero-order valence-corrected chi connectivity index (χ0v) is 15.2. The van der Waals surface area contributed by atoms with Crippen molar-refractivity contribution in [3.05, 3.63) is 24.3 Å². The van der Waals surface area contributed by atoms with E-state index >= 15 is 0 Å². The maximum absolute atomic E-state index is 12.7. The molecule has 1 aromatic rings. The predicted octanol–water partition coefficient (Wildman–Crippen LogP) is -0.0398. The van der Waals surface area contributed by atoms with Gasteiger partial charge in [0.15, 0.2) is 0 Å². The molecule has 2 N–H and O–H groups in total. The van der Waals surface area contributed by atoms with Crippen LogP contribution >= 0.6 is 0 Å². The third-order valence-electron chi connectivity index (χ3n) is 3.96. The normalized spacial score (nSPS) is 16.1. The van der Waals surface area contributed by atoms with Crippen molar-refractivity contribution in [3.63, 3.8) is 0 Å². The highest BCUT2D eigenvalue weighted by atomic mass is 32.2. The van der Waals surface area contributed by atoms with Gasteiger partial charge in [0.25, 0.3) is 0 Å². The fourth-order valence-electron chi connectivity index (χ4n) is 2.56. The summed E-state index contributed by atoms with van der Waals surface area (Å²) in [6, 6.07) is 6.24. The van der Waals surface area contributed by atoms with Crippen LogP contribution in [0.2, 0.25) is 0 Å². The molecule has 0 unspecified atom stereocenters. The SMILES string of the molecule is CCN(CCO)CC(=O)Nc1cccc(S(=O)(=O)N2CCOCC2)c1. The molecule has 1 amide bonds. The molecule has 25 heavy (non-hydrogen) atoms. The predicted molar refractivity (Wildman–Crippen MR) is 93.8 cm³/mol. The number of amides is 1. The minimum absolute atomic E-state index is 0.0194. The van der Waals surface area contributed by atoms with Gasteiger partial charge in [-0.25, -0.2) is 8.42 Å². The van der Waals surface area contributed by atoms with Crippen LogP contribution < -0.4 is 5.32 Å². The molecule has 8 nitrogen and oxygen atoms in total. The lowest BCUT2D eigenvalue weighted by molar-refractivity contribution is -0.117. The van der Waals surface area contributed by atoms with Crippen molar-refractivity contribution in [2.24, 2.45) is 0 Å². The molecule has 0 atom stereocenters. The molecule has 0 aliphatic carbocycles. The summed E-state index contributed by atoms with van der Waals surface area (Å²) in [6.07, 6.45) is 0. The van der Waals surface area contributed by atoms with Gasteiger partial charge in [-0.15, -0.1) is 0 Å². The van der Waals surface area contributed by atoms with Gasteiger partial charge in [-0.05, 0) is 24.7 Å². The van der Waals surface area contributed by atoms with E-state index < -0.39 is 10.0 Å². The molecule has 0 spiro atoms. The fourth-order valence-corrected chi connectivity index (χ4v) is 4.02. The number of rotatable bonds is 8. The molecule has 0 aromatic heterocycles. The Morgan fingerprint density at radius 3 is 2.72 bits per heavy atom. The molecule has 1 aliphatic rings. The van der Waals surface area contributed by atoms with Gasteiger partial charge in [-0.2, -0.15) is 4.31 Å². The number of benzene rings is 1. The maximum Gasteiger partial charge on any atom is 0.243 e. The first-order chi connectivity index (χ1) is 12.0. The van der Waals surface area contributed by atoms with Gasteiger partial charge >= 0.3 is 0 Å². The van der Waals surface area contributed by atoms with Gasteiger partial charge in [0.05, 0.1) is 31.3 Å². The second kappa shape index (κ2) is 9.25. The van der Waals surface area contributed by atoms with E-state index in [-0.39, 0.29) is 24.0 Å². The monoisotopic (exact) mass is 371 g/mol. The average Bonchev–Trinajstić information content (AvgIpc) is 2.62. The van der Waals surface area contributed by atoms with Gasteiger partial charge in [0.1, 0.15) is 0 Å². The molecule has 2 rings (SSSR count). The topological polar surface area (TPSA) is 99.2 Å².